The molecule has 2 N–H and O–H groups in total. The van der Waals surface area contributed by atoms with E-state index in [9.17, 15) is 0 Å². The first-order chi connectivity index (χ1) is 8.79. The predicted octanol–water partition coefficient (Wildman–Crippen LogP) is 2.70. The molecule has 1 aliphatic rings. The molecule has 1 fully saturated rings. The second-order valence-corrected chi connectivity index (χ2v) is 5.08. The van der Waals surface area contributed by atoms with Gasteiger partial charge < -0.3 is 15.4 Å². The van der Waals surface area contributed by atoms with Crippen LogP contribution >= 0.6 is 0 Å². The maximum absolute atomic E-state index is 5.82. The van der Waals surface area contributed by atoms with Gasteiger partial charge in [0.1, 0.15) is 5.75 Å². The number of likely N-dealkylation sites (tertiary alicyclic amines) is 1. The minimum absolute atomic E-state index is 0.824. The summed E-state index contributed by atoms with van der Waals surface area (Å²) in [6, 6.07) is 5.90. The lowest BCUT2D eigenvalue weighted by Gasteiger charge is -2.14. The van der Waals surface area contributed by atoms with Gasteiger partial charge in [-0.2, -0.15) is 0 Å². The number of rotatable bonds is 6. The SMILES string of the molecule is COc1ccc(N)cc1CCCCN1CCCC1. The monoisotopic (exact) mass is 248 g/mol. The van der Waals surface area contributed by atoms with Gasteiger partial charge in [0.2, 0.25) is 0 Å². The summed E-state index contributed by atoms with van der Waals surface area (Å²) in [6.07, 6.45) is 6.28. The third-order valence-electron chi connectivity index (χ3n) is 3.67. The lowest BCUT2D eigenvalue weighted by atomic mass is 10.1. The normalized spacial score (nSPS) is 16.1. The predicted molar refractivity (Wildman–Crippen MR) is 76.0 cm³/mol. The summed E-state index contributed by atoms with van der Waals surface area (Å²) in [6.45, 7) is 3.83. The first-order valence-corrected chi connectivity index (χ1v) is 6.94. The van der Waals surface area contributed by atoms with Gasteiger partial charge in [0, 0.05) is 5.69 Å². The highest BCUT2D eigenvalue weighted by atomic mass is 16.5. The van der Waals surface area contributed by atoms with Gasteiger partial charge in [-0.05, 0) is 75.5 Å². The molecule has 1 aromatic carbocycles. The molecule has 1 saturated heterocycles. The summed E-state index contributed by atoms with van der Waals surface area (Å²) in [4.78, 5) is 2.57. The van der Waals surface area contributed by atoms with Crippen molar-refractivity contribution in [3.05, 3.63) is 23.8 Å². The van der Waals surface area contributed by atoms with Crippen LogP contribution in [0.4, 0.5) is 5.69 Å². The van der Waals surface area contributed by atoms with E-state index in [0.717, 1.165) is 17.9 Å². The number of benzene rings is 1. The Bertz CT molecular complexity index is 373. The summed E-state index contributed by atoms with van der Waals surface area (Å²) in [5, 5.41) is 0. The van der Waals surface area contributed by atoms with Crippen molar-refractivity contribution in [2.75, 3.05) is 32.5 Å². The van der Waals surface area contributed by atoms with Crippen LogP contribution in [-0.4, -0.2) is 31.6 Å². The summed E-state index contributed by atoms with van der Waals surface area (Å²) >= 11 is 0. The first-order valence-electron chi connectivity index (χ1n) is 6.94. The molecule has 0 unspecified atom stereocenters. The zero-order valence-corrected chi connectivity index (χ0v) is 11.3. The number of unbranched alkanes of at least 4 members (excludes halogenated alkanes) is 1. The zero-order chi connectivity index (χ0) is 12.8. The standard InChI is InChI=1S/C15H24N2O/c1-18-15-8-7-14(16)12-13(15)6-2-3-9-17-10-4-5-11-17/h7-8,12H,2-6,9-11,16H2,1H3. The Morgan fingerprint density at radius 3 is 2.72 bits per heavy atom. The van der Waals surface area contributed by atoms with Crippen molar-refractivity contribution in [3.63, 3.8) is 0 Å². The average Bonchev–Trinajstić information content (AvgIpc) is 2.88. The minimum atomic E-state index is 0.824. The molecule has 0 aromatic heterocycles. The number of hydrogen-bond acceptors (Lipinski definition) is 3. The summed E-state index contributed by atoms with van der Waals surface area (Å²) < 4.78 is 5.36. The molecule has 0 aliphatic carbocycles. The third kappa shape index (κ3) is 3.64. The molecule has 1 heterocycles. The molecule has 3 nitrogen and oxygen atoms in total. The molecule has 0 saturated carbocycles. The van der Waals surface area contributed by atoms with E-state index >= 15 is 0 Å². The van der Waals surface area contributed by atoms with Crippen LogP contribution in [0.3, 0.4) is 0 Å². The largest absolute Gasteiger partial charge is 0.496 e. The second kappa shape index (κ2) is 6.64. The van der Waals surface area contributed by atoms with Crippen LogP contribution < -0.4 is 10.5 Å². The molecule has 0 bridgehead atoms. The van der Waals surface area contributed by atoms with Crippen LogP contribution in [0.5, 0.6) is 5.75 Å². The van der Waals surface area contributed by atoms with E-state index < -0.39 is 0 Å². The van der Waals surface area contributed by atoms with Crippen molar-refractivity contribution in [1.82, 2.24) is 4.90 Å². The Labute approximate surface area is 110 Å². The van der Waals surface area contributed by atoms with Crippen LogP contribution in [0.1, 0.15) is 31.2 Å². The van der Waals surface area contributed by atoms with Gasteiger partial charge in [-0.25, -0.2) is 0 Å². The Hall–Kier alpha value is -1.22. The highest BCUT2D eigenvalue weighted by Gasteiger charge is 2.10. The lowest BCUT2D eigenvalue weighted by Crippen LogP contribution is -2.20. The summed E-state index contributed by atoms with van der Waals surface area (Å²) in [5.41, 5.74) is 7.88. The van der Waals surface area contributed by atoms with E-state index in [-0.39, 0.29) is 0 Å². The fourth-order valence-corrected chi connectivity index (χ4v) is 2.65. The van der Waals surface area contributed by atoms with Crippen molar-refractivity contribution in [2.45, 2.75) is 32.1 Å². The van der Waals surface area contributed by atoms with Crippen molar-refractivity contribution < 1.29 is 4.74 Å². The van der Waals surface area contributed by atoms with Crippen molar-refractivity contribution in [1.29, 1.82) is 0 Å². The maximum atomic E-state index is 5.82. The van der Waals surface area contributed by atoms with E-state index in [1.807, 2.05) is 18.2 Å². The highest BCUT2D eigenvalue weighted by Crippen LogP contribution is 2.23. The van der Waals surface area contributed by atoms with Gasteiger partial charge in [0.05, 0.1) is 7.11 Å². The molecule has 100 valence electrons. The summed E-state index contributed by atoms with van der Waals surface area (Å²) in [5.74, 6) is 0.963. The van der Waals surface area contributed by atoms with Gasteiger partial charge in [0.25, 0.3) is 0 Å². The van der Waals surface area contributed by atoms with E-state index in [2.05, 4.69) is 4.90 Å². The third-order valence-corrected chi connectivity index (χ3v) is 3.67. The summed E-state index contributed by atoms with van der Waals surface area (Å²) in [7, 11) is 1.72. The molecule has 0 spiro atoms. The van der Waals surface area contributed by atoms with E-state index in [1.165, 1.54) is 50.9 Å². The van der Waals surface area contributed by atoms with Crippen molar-refractivity contribution in [3.8, 4) is 5.75 Å². The fraction of sp³-hybridized carbons (Fsp3) is 0.600. The molecular weight excluding hydrogens is 224 g/mol. The number of anilines is 1. The minimum Gasteiger partial charge on any atom is -0.496 e. The lowest BCUT2D eigenvalue weighted by molar-refractivity contribution is 0.329. The molecule has 0 radical (unpaired) electrons. The Morgan fingerprint density at radius 2 is 2.00 bits per heavy atom. The number of nitrogens with zero attached hydrogens (tertiary/aromatic N) is 1. The number of ether oxygens (including phenoxy) is 1. The van der Waals surface area contributed by atoms with Gasteiger partial charge in [-0.3, -0.25) is 0 Å². The molecule has 0 amide bonds. The van der Waals surface area contributed by atoms with Crippen LogP contribution in [-0.2, 0) is 6.42 Å². The number of hydrogen-bond donors (Lipinski definition) is 1. The van der Waals surface area contributed by atoms with E-state index in [4.69, 9.17) is 10.5 Å². The fourth-order valence-electron chi connectivity index (χ4n) is 2.65. The van der Waals surface area contributed by atoms with E-state index in [1.54, 1.807) is 7.11 Å². The molecule has 0 atom stereocenters. The molecule has 18 heavy (non-hydrogen) atoms. The van der Waals surface area contributed by atoms with Crippen molar-refractivity contribution >= 4 is 5.69 Å². The molecule has 1 aliphatic heterocycles. The Morgan fingerprint density at radius 1 is 1.22 bits per heavy atom. The quantitative estimate of drug-likeness (QED) is 0.621. The maximum Gasteiger partial charge on any atom is 0.122 e. The number of aryl methyl sites for hydroxylation is 1. The van der Waals surface area contributed by atoms with Gasteiger partial charge in [-0.1, -0.05) is 0 Å². The Balaban J connectivity index is 1.76. The number of nitrogen functional groups attached to an aromatic ring is 1. The zero-order valence-electron chi connectivity index (χ0n) is 11.3. The topological polar surface area (TPSA) is 38.5 Å². The smallest absolute Gasteiger partial charge is 0.122 e. The van der Waals surface area contributed by atoms with Crippen molar-refractivity contribution in [2.24, 2.45) is 0 Å². The van der Waals surface area contributed by atoms with Crippen LogP contribution in [0.25, 0.3) is 0 Å². The van der Waals surface area contributed by atoms with E-state index in [0.29, 0.717) is 0 Å². The van der Waals surface area contributed by atoms with Crippen LogP contribution in [0.15, 0.2) is 18.2 Å². The number of methoxy groups -OCH3 is 1. The average molecular weight is 248 g/mol. The molecule has 1 aromatic rings. The molecule has 3 heteroatoms. The van der Waals surface area contributed by atoms with Gasteiger partial charge in [-0.15, -0.1) is 0 Å². The number of nitrogens with two attached hydrogens (primary N) is 1. The highest BCUT2D eigenvalue weighted by molar-refractivity contribution is 5.47. The van der Waals surface area contributed by atoms with Gasteiger partial charge in [0.15, 0.2) is 0 Å². The Kier molecular flexibility index (Phi) is 4.88. The van der Waals surface area contributed by atoms with Crippen LogP contribution in [0, 0.1) is 0 Å². The second-order valence-electron chi connectivity index (χ2n) is 5.08. The molecule has 2 rings (SSSR count). The van der Waals surface area contributed by atoms with Crippen LogP contribution in [0.2, 0.25) is 0 Å². The molecular formula is C15H24N2O. The first kappa shape index (κ1) is 13.2. The van der Waals surface area contributed by atoms with Gasteiger partial charge >= 0.3 is 0 Å².